The highest BCUT2D eigenvalue weighted by Gasteiger charge is 2.14. The number of rotatable bonds is 4. The number of aromatic nitrogens is 2. The second-order valence-electron chi connectivity index (χ2n) is 2.67. The monoisotopic (exact) mass is 212 g/mol. The molecule has 0 N–H and O–H groups in total. The third-order valence-electron chi connectivity index (χ3n) is 1.70. The largest absolute Gasteiger partial charge is 0.465 e. The van der Waals surface area contributed by atoms with Crippen LogP contribution in [0.4, 0.5) is 0 Å². The Hall–Kier alpha value is -1.85. The number of nitrogens with zero attached hydrogens (tertiary/aromatic N) is 2. The summed E-state index contributed by atoms with van der Waals surface area (Å²) in [4.78, 5) is 22.3. The molecule has 0 unspecified atom stereocenters. The van der Waals surface area contributed by atoms with Crippen LogP contribution in [0.2, 0.25) is 0 Å². The molecule has 15 heavy (non-hydrogen) atoms. The molecule has 0 aromatic carbocycles. The van der Waals surface area contributed by atoms with E-state index in [1.54, 1.807) is 6.92 Å². The van der Waals surface area contributed by atoms with Crippen molar-refractivity contribution in [2.45, 2.75) is 13.5 Å². The van der Waals surface area contributed by atoms with Gasteiger partial charge < -0.3 is 9.47 Å². The molecule has 6 nitrogen and oxygen atoms in total. The summed E-state index contributed by atoms with van der Waals surface area (Å²) >= 11 is 0. The van der Waals surface area contributed by atoms with Gasteiger partial charge in [0, 0.05) is 6.20 Å². The highest BCUT2D eigenvalue weighted by Crippen LogP contribution is 2.01. The van der Waals surface area contributed by atoms with Crippen LogP contribution in [0.3, 0.4) is 0 Å². The molecule has 0 aliphatic carbocycles. The van der Waals surface area contributed by atoms with Gasteiger partial charge in [-0.3, -0.25) is 4.79 Å². The molecule has 0 saturated heterocycles. The third-order valence-corrected chi connectivity index (χ3v) is 1.70. The van der Waals surface area contributed by atoms with Crippen LogP contribution in [-0.2, 0) is 20.8 Å². The number of methoxy groups -OCH3 is 1. The Morgan fingerprint density at radius 1 is 1.53 bits per heavy atom. The van der Waals surface area contributed by atoms with Gasteiger partial charge in [-0.2, -0.15) is 5.10 Å². The zero-order valence-electron chi connectivity index (χ0n) is 8.60. The number of carbonyl (C=O) groups excluding carboxylic acids is 2. The molecular formula is C9H12N2O4. The lowest BCUT2D eigenvalue weighted by atomic mass is 10.4. The zero-order valence-corrected chi connectivity index (χ0v) is 8.60. The van der Waals surface area contributed by atoms with Crippen molar-refractivity contribution < 1.29 is 19.1 Å². The molecule has 0 saturated carbocycles. The summed E-state index contributed by atoms with van der Waals surface area (Å²) in [6.07, 6.45) is 1.42. The molecule has 6 heteroatoms. The lowest BCUT2D eigenvalue weighted by Gasteiger charge is -2.05. The van der Waals surface area contributed by atoms with Gasteiger partial charge in [0.2, 0.25) is 0 Å². The van der Waals surface area contributed by atoms with Gasteiger partial charge in [0.05, 0.1) is 13.7 Å². The van der Waals surface area contributed by atoms with E-state index in [9.17, 15) is 9.59 Å². The van der Waals surface area contributed by atoms with Crippen molar-refractivity contribution in [1.82, 2.24) is 9.78 Å². The fraction of sp³-hybridized carbons (Fsp3) is 0.444. The highest BCUT2D eigenvalue weighted by molar-refractivity contribution is 5.87. The van der Waals surface area contributed by atoms with E-state index in [1.807, 2.05) is 0 Å². The maximum Gasteiger partial charge on any atom is 0.356 e. The Balaban J connectivity index is 2.73. The molecule has 0 aliphatic heterocycles. The molecule has 1 aromatic rings. The van der Waals surface area contributed by atoms with Crippen LogP contribution in [0.5, 0.6) is 0 Å². The summed E-state index contributed by atoms with van der Waals surface area (Å²) < 4.78 is 10.5. The van der Waals surface area contributed by atoms with Gasteiger partial charge in [-0.1, -0.05) is 0 Å². The second kappa shape index (κ2) is 5.14. The number of hydrogen-bond donors (Lipinski definition) is 0. The van der Waals surface area contributed by atoms with Crippen LogP contribution < -0.4 is 0 Å². The van der Waals surface area contributed by atoms with E-state index < -0.39 is 11.9 Å². The van der Waals surface area contributed by atoms with Gasteiger partial charge in [-0.15, -0.1) is 0 Å². The molecule has 0 fully saturated rings. The Morgan fingerprint density at radius 3 is 2.87 bits per heavy atom. The lowest BCUT2D eigenvalue weighted by molar-refractivity contribution is -0.144. The Morgan fingerprint density at radius 2 is 2.27 bits per heavy atom. The van der Waals surface area contributed by atoms with Gasteiger partial charge in [0.25, 0.3) is 0 Å². The molecule has 0 aliphatic rings. The first-order chi connectivity index (χ1) is 7.19. The van der Waals surface area contributed by atoms with E-state index >= 15 is 0 Å². The van der Waals surface area contributed by atoms with Gasteiger partial charge in [-0.25, -0.2) is 9.48 Å². The van der Waals surface area contributed by atoms with Crippen molar-refractivity contribution in [1.29, 1.82) is 0 Å². The average Bonchev–Trinajstić information content (AvgIpc) is 2.65. The first-order valence-electron chi connectivity index (χ1n) is 4.44. The van der Waals surface area contributed by atoms with Crippen molar-refractivity contribution >= 4 is 11.9 Å². The summed E-state index contributed by atoms with van der Waals surface area (Å²) in [7, 11) is 1.27. The third kappa shape index (κ3) is 2.80. The molecule has 1 rings (SSSR count). The Labute approximate surface area is 86.8 Å². The molecule has 0 spiro atoms. The average molecular weight is 212 g/mol. The molecule has 1 heterocycles. The standard InChI is InChI=1S/C9H12N2O4/c1-3-15-8(12)6-11-7(4-5-10-11)9(13)14-2/h4-5H,3,6H2,1-2H3. The maximum atomic E-state index is 11.2. The molecule has 0 amide bonds. The van der Waals surface area contributed by atoms with Crippen LogP contribution in [-0.4, -0.2) is 35.4 Å². The lowest BCUT2D eigenvalue weighted by Crippen LogP contribution is -2.19. The fourth-order valence-corrected chi connectivity index (χ4v) is 1.07. The molecule has 1 aromatic heterocycles. The number of carbonyl (C=O) groups is 2. The van der Waals surface area contributed by atoms with Crippen LogP contribution >= 0.6 is 0 Å². The number of hydrogen-bond acceptors (Lipinski definition) is 5. The maximum absolute atomic E-state index is 11.2. The van der Waals surface area contributed by atoms with Crippen LogP contribution in [0.1, 0.15) is 17.4 Å². The van der Waals surface area contributed by atoms with Gasteiger partial charge >= 0.3 is 11.9 Å². The smallest absolute Gasteiger partial charge is 0.356 e. The molecule has 82 valence electrons. The van der Waals surface area contributed by atoms with Crippen LogP contribution in [0.15, 0.2) is 12.3 Å². The molecular weight excluding hydrogens is 200 g/mol. The fourth-order valence-electron chi connectivity index (χ4n) is 1.07. The minimum Gasteiger partial charge on any atom is -0.465 e. The van der Waals surface area contributed by atoms with E-state index in [-0.39, 0.29) is 12.2 Å². The highest BCUT2D eigenvalue weighted by atomic mass is 16.5. The summed E-state index contributed by atoms with van der Waals surface area (Å²) in [5.41, 5.74) is 0.227. The first kappa shape index (κ1) is 11.2. The van der Waals surface area contributed by atoms with Crippen LogP contribution in [0.25, 0.3) is 0 Å². The number of esters is 2. The van der Waals surface area contributed by atoms with Crippen molar-refractivity contribution in [2.24, 2.45) is 0 Å². The van der Waals surface area contributed by atoms with Crippen molar-refractivity contribution in [3.63, 3.8) is 0 Å². The quantitative estimate of drug-likeness (QED) is 0.668. The second-order valence-corrected chi connectivity index (χ2v) is 2.67. The molecule has 0 bridgehead atoms. The van der Waals surface area contributed by atoms with Crippen molar-refractivity contribution in [2.75, 3.05) is 13.7 Å². The van der Waals surface area contributed by atoms with Gasteiger partial charge in [0.15, 0.2) is 0 Å². The van der Waals surface area contributed by atoms with Crippen molar-refractivity contribution in [3.8, 4) is 0 Å². The minimum absolute atomic E-state index is 0.0920. The predicted octanol–water partition coefficient (Wildman–Crippen LogP) is 0.233. The normalized spacial score (nSPS) is 9.73. The SMILES string of the molecule is CCOC(=O)Cn1nccc1C(=O)OC. The van der Waals surface area contributed by atoms with Crippen molar-refractivity contribution in [3.05, 3.63) is 18.0 Å². The number of ether oxygens (including phenoxy) is 2. The van der Waals surface area contributed by atoms with E-state index in [0.29, 0.717) is 6.61 Å². The summed E-state index contributed by atoms with van der Waals surface area (Å²) in [5.74, 6) is -0.969. The van der Waals surface area contributed by atoms with E-state index in [2.05, 4.69) is 9.84 Å². The summed E-state index contributed by atoms with van der Waals surface area (Å²) in [6, 6.07) is 1.48. The van der Waals surface area contributed by atoms with Crippen LogP contribution in [0, 0.1) is 0 Å². The van der Waals surface area contributed by atoms with Gasteiger partial charge in [-0.05, 0) is 13.0 Å². The zero-order chi connectivity index (χ0) is 11.3. The molecule has 0 atom stereocenters. The molecule has 0 radical (unpaired) electrons. The summed E-state index contributed by atoms with van der Waals surface area (Å²) in [6.45, 7) is 1.92. The van der Waals surface area contributed by atoms with E-state index in [4.69, 9.17) is 4.74 Å². The minimum atomic E-state index is -0.531. The van der Waals surface area contributed by atoms with Gasteiger partial charge in [0.1, 0.15) is 12.2 Å². The summed E-state index contributed by atoms with van der Waals surface area (Å²) in [5, 5.41) is 3.82. The van der Waals surface area contributed by atoms with E-state index in [0.717, 1.165) is 0 Å². The van der Waals surface area contributed by atoms with E-state index in [1.165, 1.54) is 24.1 Å². The Bertz CT molecular complexity index is 359. The topological polar surface area (TPSA) is 70.4 Å². The first-order valence-corrected chi connectivity index (χ1v) is 4.44. The Kier molecular flexibility index (Phi) is 3.84. The predicted molar refractivity (Wildman–Crippen MR) is 50.2 cm³/mol.